The van der Waals surface area contributed by atoms with Crippen LogP contribution in [0.4, 0.5) is 33.2 Å². The van der Waals surface area contributed by atoms with Gasteiger partial charge in [0.1, 0.15) is 0 Å². The van der Waals surface area contributed by atoms with Gasteiger partial charge in [0.2, 0.25) is 5.95 Å². The van der Waals surface area contributed by atoms with Gasteiger partial charge in [-0.1, -0.05) is 11.6 Å². The van der Waals surface area contributed by atoms with Gasteiger partial charge < -0.3 is 19.9 Å². The summed E-state index contributed by atoms with van der Waals surface area (Å²) in [5, 5.41) is 8.22. The Bertz CT molecular complexity index is 1200. The summed E-state index contributed by atoms with van der Waals surface area (Å²) in [6.07, 6.45) is 8.12. The van der Waals surface area contributed by atoms with E-state index in [1.807, 2.05) is 29.2 Å². The van der Waals surface area contributed by atoms with Crippen molar-refractivity contribution in [3.8, 4) is 0 Å². The van der Waals surface area contributed by atoms with Crippen LogP contribution in [0.5, 0.6) is 0 Å². The lowest BCUT2D eigenvalue weighted by atomic mass is 10.1. The Balaban J connectivity index is 1.20. The highest BCUT2D eigenvalue weighted by atomic mass is 35.5. The standard InChI is InChI=1S/C25H28ClFN8O/c26-18-12-21(14-22(13-18)34-6-2-1-3-7-34)31-20-5-4-19(28-15-20)16-30-33-25-29-17-23(27)24(32-25)35-8-10-36-11-9-35/h4-5,12-17,31H,1-3,6-11H2,(H,29,32,33)/b30-16+. The number of ether oxygens (including phenoxy) is 1. The molecule has 4 heterocycles. The molecule has 2 aliphatic rings. The molecule has 9 nitrogen and oxygen atoms in total. The van der Waals surface area contributed by atoms with E-state index in [9.17, 15) is 4.39 Å². The number of morpholine rings is 1. The third kappa shape index (κ3) is 6.19. The van der Waals surface area contributed by atoms with Crippen molar-refractivity contribution in [3.63, 3.8) is 0 Å². The van der Waals surface area contributed by atoms with Crippen LogP contribution >= 0.6 is 11.6 Å². The second kappa shape index (κ2) is 11.5. The molecule has 5 rings (SSSR count). The lowest BCUT2D eigenvalue weighted by Gasteiger charge is -2.29. The van der Waals surface area contributed by atoms with E-state index in [4.69, 9.17) is 16.3 Å². The van der Waals surface area contributed by atoms with Gasteiger partial charge in [-0.15, -0.1) is 0 Å². The predicted octanol–water partition coefficient (Wildman–Crippen LogP) is 4.68. The molecule has 0 spiro atoms. The molecule has 11 heteroatoms. The van der Waals surface area contributed by atoms with Crippen LogP contribution in [0, 0.1) is 5.82 Å². The lowest BCUT2D eigenvalue weighted by Crippen LogP contribution is -2.37. The number of piperidine rings is 1. The molecule has 2 N–H and O–H groups in total. The van der Waals surface area contributed by atoms with Gasteiger partial charge in [-0.05, 0) is 49.6 Å². The third-order valence-corrected chi connectivity index (χ3v) is 6.29. The first kappa shape index (κ1) is 24.2. The smallest absolute Gasteiger partial charge is 0.245 e. The Kier molecular flexibility index (Phi) is 7.73. The molecule has 0 atom stereocenters. The molecule has 0 amide bonds. The summed E-state index contributed by atoms with van der Waals surface area (Å²) in [5.41, 5.74) is 6.27. The molecule has 2 fully saturated rings. The van der Waals surface area contributed by atoms with E-state index in [1.165, 1.54) is 19.3 Å². The van der Waals surface area contributed by atoms with Crippen LogP contribution in [0.1, 0.15) is 25.0 Å². The van der Waals surface area contributed by atoms with E-state index >= 15 is 0 Å². The fourth-order valence-electron chi connectivity index (χ4n) is 4.27. The summed E-state index contributed by atoms with van der Waals surface area (Å²) in [6.45, 7) is 4.35. The Labute approximate surface area is 214 Å². The molecule has 188 valence electrons. The number of aromatic nitrogens is 3. The fourth-order valence-corrected chi connectivity index (χ4v) is 4.50. The first-order valence-electron chi connectivity index (χ1n) is 12.1. The van der Waals surface area contributed by atoms with Gasteiger partial charge in [-0.25, -0.2) is 14.8 Å². The molecule has 0 radical (unpaired) electrons. The number of anilines is 5. The van der Waals surface area contributed by atoms with Crippen LogP contribution in [0.15, 0.2) is 47.8 Å². The van der Waals surface area contributed by atoms with Crippen LogP contribution in [0.25, 0.3) is 0 Å². The van der Waals surface area contributed by atoms with Crippen LogP contribution < -0.4 is 20.5 Å². The topological polar surface area (TPSA) is 90.8 Å². The molecule has 0 unspecified atom stereocenters. The summed E-state index contributed by atoms with van der Waals surface area (Å²) in [6, 6.07) is 9.79. The Morgan fingerprint density at radius 1 is 0.944 bits per heavy atom. The van der Waals surface area contributed by atoms with Crippen molar-refractivity contribution in [1.82, 2.24) is 15.0 Å². The van der Waals surface area contributed by atoms with Crippen LogP contribution in [0.3, 0.4) is 0 Å². The number of pyridine rings is 1. The lowest BCUT2D eigenvalue weighted by molar-refractivity contribution is 0.122. The van der Waals surface area contributed by atoms with E-state index in [1.54, 1.807) is 12.4 Å². The molecule has 36 heavy (non-hydrogen) atoms. The number of hydrogen-bond acceptors (Lipinski definition) is 9. The first-order chi connectivity index (χ1) is 17.6. The molecule has 3 aromatic rings. The largest absolute Gasteiger partial charge is 0.378 e. The SMILES string of the molecule is Fc1cnc(N/N=C/c2ccc(Nc3cc(Cl)cc(N4CCCCC4)c3)cn2)nc1N1CCOCC1. The summed E-state index contributed by atoms with van der Waals surface area (Å²) in [7, 11) is 0. The summed E-state index contributed by atoms with van der Waals surface area (Å²) in [4.78, 5) is 16.8. The zero-order valence-electron chi connectivity index (χ0n) is 19.8. The van der Waals surface area contributed by atoms with E-state index in [0.717, 1.165) is 36.3 Å². The van der Waals surface area contributed by atoms with Gasteiger partial charge in [0.15, 0.2) is 11.6 Å². The van der Waals surface area contributed by atoms with Crippen molar-refractivity contribution < 1.29 is 9.13 Å². The number of hydrogen-bond donors (Lipinski definition) is 2. The van der Waals surface area contributed by atoms with E-state index in [2.05, 4.69) is 41.8 Å². The maximum absolute atomic E-state index is 14.2. The number of hydrazone groups is 1. The molecule has 2 aliphatic heterocycles. The Morgan fingerprint density at radius 3 is 2.56 bits per heavy atom. The van der Waals surface area contributed by atoms with Gasteiger partial charge >= 0.3 is 0 Å². The molecule has 2 saturated heterocycles. The van der Waals surface area contributed by atoms with Gasteiger partial charge in [-0.3, -0.25) is 4.98 Å². The van der Waals surface area contributed by atoms with Gasteiger partial charge in [0.25, 0.3) is 0 Å². The molecule has 0 bridgehead atoms. The second-order valence-electron chi connectivity index (χ2n) is 8.68. The quantitative estimate of drug-likeness (QED) is 0.350. The number of nitrogens with one attached hydrogen (secondary N) is 2. The molecule has 0 saturated carbocycles. The fraction of sp³-hybridized carbons (Fsp3) is 0.360. The molecule has 2 aromatic heterocycles. The van der Waals surface area contributed by atoms with Crippen molar-refractivity contribution in [2.75, 3.05) is 59.9 Å². The highest BCUT2D eigenvalue weighted by Gasteiger charge is 2.18. The minimum atomic E-state index is -0.473. The number of benzene rings is 1. The van der Waals surface area contributed by atoms with Crippen molar-refractivity contribution in [2.45, 2.75) is 19.3 Å². The number of rotatable bonds is 7. The molecular weight excluding hydrogens is 483 g/mol. The third-order valence-electron chi connectivity index (χ3n) is 6.08. The van der Waals surface area contributed by atoms with E-state index < -0.39 is 5.82 Å². The minimum Gasteiger partial charge on any atom is -0.378 e. The average molecular weight is 511 g/mol. The molecular formula is C25H28ClFN8O. The second-order valence-corrected chi connectivity index (χ2v) is 9.11. The predicted molar refractivity (Wildman–Crippen MR) is 141 cm³/mol. The summed E-state index contributed by atoms with van der Waals surface area (Å²) in [5.74, 6) is -0.0270. The minimum absolute atomic E-state index is 0.206. The molecule has 1 aromatic carbocycles. The zero-order valence-corrected chi connectivity index (χ0v) is 20.6. The maximum atomic E-state index is 14.2. The normalized spacial score (nSPS) is 16.4. The van der Waals surface area contributed by atoms with Crippen LogP contribution in [-0.4, -0.2) is 60.6 Å². The van der Waals surface area contributed by atoms with Gasteiger partial charge in [0, 0.05) is 42.6 Å². The first-order valence-corrected chi connectivity index (χ1v) is 12.4. The zero-order chi connectivity index (χ0) is 24.7. The summed E-state index contributed by atoms with van der Waals surface area (Å²) >= 11 is 6.39. The monoisotopic (exact) mass is 510 g/mol. The van der Waals surface area contributed by atoms with Gasteiger partial charge in [-0.2, -0.15) is 10.1 Å². The van der Waals surface area contributed by atoms with Crippen molar-refractivity contribution in [1.29, 1.82) is 0 Å². The van der Waals surface area contributed by atoms with Crippen molar-refractivity contribution >= 4 is 46.6 Å². The van der Waals surface area contributed by atoms with E-state index in [-0.39, 0.29) is 11.8 Å². The van der Waals surface area contributed by atoms with Crippen molar-refractivity contribution in [3.05, 3.63) is 59.3 Å². The number of nitrogens with zero attached hydrogens (tertiary/aromatic N) is 6. The highest BCUT2D eigenvalue weighted by Crippen LogP contribution is 2.29. The Morgan fingerprint density at radius 2 is 1.78 bits per heavy atom. The van der Waals surface area contributed by atoms with E-state index in [0.29, 0.717) is 37.0 Å². The molecule has 0 aliphatic carbocycles. The van der Waals surface area contributed by atoms with Crippen LogP contribution in [-0.2, 0) is 4.74 Å². The van der Waals surface area contributed by atoms with Crippen LogP contribution in [0.2, 0.25) is 5.02 Å². The summed E-state index contributed by atoms with van der Waals surface area (Å²) < 4.78 is 19.5. The average Bonchev–Trinajstić information content (AvgIpc) is 2.91. The highest BCUT2D eigenvalue weighted by molar-refractivity contribution is 6.31. The Hall–Kier alpha value is -3.50. The number of halogens is 2. The van der Waals surface area contributed by atoms with Crippen molar-refractivity contribution in [2.24, 2.45) is 5.10 Å². The van der Waals surface area contributed by atoms with Gasteiger partial charge in [0.05, 0.1) is 43.2 Å². The maximum Gasteiger partial charge on any atom is 0.245 e.